The summed E-state index contributed by atoms with van der Waals surface area (Å²) in [6.07, 6.45) is 4.06. The lowest BCUT2D eigenvalue weighted by Crippen LogP contribution is -2.19. The van der Waals surface area contributed by atoms with Crippen molar-refractivity contribution in [1.82, 2.24) is 10.3 Å². The first-order valence-corrected chi connectivity index (χ1v) is 6.70. The SMILES string of the molecule is COc1nccc2c1[C@@H]1N[C@]1(c1ccccc1)CC2. The van der Waals surface area contributed by atoms with E-state index in [1.165, 1.54) is 16.7 Å². The van der Waals surface area contributed by atoms with Gasteiger partial charge in [0, 0.05) is 11.8 Å². The molecular formula is C16H16N2O. The molecule has 0 bridgehead atoms. The molecule has 3 heteroatoms. The summed E-state index contributed by atoms with van der Waals surface area (Å²) >= 11 is 0. The van der Waals surface area contributed by atoms with Gasteiger partial charge in [-0.3, -0.25) is 5.32 Å². The summed E-state index contributed by atoms with van der Waals surface area (Å²) in [5, 5.41) is 3.67. The van der Waals surface area contributed by atoms with Gasteiger partial charge in [-0.15, -0.1) is 0 Å². The number of nitrogens with one attached hydrogen (secondary N) is 1. The van der Waals surface area contributed by atoms with Gasteiger partial charge in [-0.25, -0.2) is 4.98 Å². The predicted molar refractivity (Wildman–Crippen MR) is 73.1 cm³/mol. The maximum absolute atomic E-state index is 5.44. The summed E-state index contributed by atoms with van der Waals surface area (Å²) in [5.41, 5.74) is 4.09. The molecule has 1 aromatic heterocycles. The van der Waals surface area contributed by atoms with Crippen LogP contribution in [0.1, 0.15) is 29.2 Å². The Morgan fingerprint density at radius 3 is 2.89 bits per heavy atom. The maximum Gasteiger partial charge on any atom is 0.218 e. The van der Waals surface area contributed by atoms with E-state index >= 15 is 0 Å². The molecule has 0 saturated carbocycles. The average molecular weight is 252 g/mol. The van der Waals surface area contributed by atoms with Crippen molar-refractivity contribution in [2.75, 3.05) is 7.11 Å². The lowest BCUT2D eigenvalue weighted by atomic mass is 9.80. The van der Waals surface area contributed by atoms with Gasteiger partial charge >= 0.3 is 0 Å². The number of methoxy groups -OCH3 is 1. The average Bonchev–Trinajstić information content (AvgIpc) is 3.24. The van der Waals surface area contributed by atoms with Gasteiger partial charge in [-0.05, 0) is 30.0 Å². The van der Waals surface area contributed by atoms with E-state index in [0.29, 0.717) is 6.04 Å². The van der Waals surface area contributed by atoms with Crippen molar-refractivity contribution < 1.29 is 4.74 Å². The molecule has 0 amide bonds. The predicted octanol–water partition coefficient (Wildman–Crippen LogP) is 2.58. The first-order valence-electron chi connectivity index (χ1n) is 6.70. The fraction of sp³-hybridized carbons (Fsp3) is 0.312. The van der Waals surface area contributed by atoms with E-state index in [9.17, 15) is 0 Å². The number of fused-ring (bicyclic) bond motifs is 3. The van der Waals surface area contributed by atoms with Crippen molar-refractivity contribution >= 4 is 0 Å². The Morgan fingerprint density at radius 1 is 1.26 bits per heavy atom. The van der Waals surface area contributed by atoms with E-state index in [1.54, 1.807) is 7.11 Å². The quantitative estimate of drug-likeness (QED) is 0.835. The lowest BCUT2D eigenvalue weighted by Gasteiger charge is -2.23. The Bertz CT molecular complexity index is 612. The molecule has 0 unspecified atom stereocenters. The van der Waals surface area contributed by atoms with Crippen molar-refractivity contribution in [3.63, 3.8) is 0 Å². The molecule has 1 N–H and O–H groups in total. The third-order valence-electron chi connectivity index (χ3n) is 4.41. The minimum atomic E-state index is 0.102. The highest BCUT2D eigenvalue weighted by atomic mass is 16.5. The second-order valence-corrected chi connectivity index (χ2v) is 5.31. The lowest BCUT2D eigenvalue weighted by molar-refractivity contribution is 0.387. The van der Waals surface area contributed by atoms with Crippen LogP contribution in [0.4, 0.5) is 0 Å². The fourth-order valence-corrected chi connectivity index (χ4v) is 3.39. The van der Waals surface area contributed by atoms with Crippen molar-refractivity contribution in [3.8, 4) is 5.88 Å². The standard InChI is InChI=1S/C16H16N2O/c1-19-15-13-11(8-10-17-15)7-9-16(14(13)18-16)12-5-3-2-4-6-12/h2-6,8,10,14,18H,7,9H2,1H3/t14-,16-/m0/s1. The smallest absolute Gasteiger partial charge is 0.218 e. The number of pyridine rings is 1. The molecule has 1 saturated heterocycles. The number of rotatable bonds is 2. The number of benzene rings is 1. The highest BCUT2D eigenvalue weighted by Crippen LogP contribution is 2.57. The zero-order valence-corrected chi connectivity index (χ0v) is 10.9. The minimum Gasteiger partial charge on any atom is -0.481 e. The summed E-state index contributed by atoms with van der Waals surface area (Å²) < 4.78 is 5.44. The van der Waals surface area contributed by atoms with E-state index in [0.717, 1.165) is 18.7 Å². The second kappa shape index (κ2) is 3.81. The molecule has 1 aliphatic heterocycles. The van der Waals surface area contributed by atoms with Crippen LogP contribution in [-0.4, -0.2) is 12.1 Å². The molecule has 1 aliphatic carbocycles. The summed E-state index contributed by atoms with van der Waals surface area (Å²) in [7, 11) is 1.70. The molecule has 2 heterocycles. The van der Waals surface area contributed by atoms with Crippen LogP contribution in [0.5, 0.6) is 5.88 Å². The van der Waals surface area contributed by atoms with Gasteiger partial charge in [-0.1, -0.05) is 30.3 Å². The first kappa shape index (κ1) is 11.0. The zero-order chi connectivity index (χ0) is 12.9. The third-order valence-corrected chi connectivity index (χ3v) is 4.41. The maximum atomic E-state index is 5.44. The molecule has 0 spiro atoms. The molecule has 96 valence electrons. The van der Waals surface area contributed by atoms with Gasteiger partial charge in [0.2, 0.25) is 5.88 Å². The van der Waals surface area contributed by atoms with Crippen molar-refractivity contribution in [1.29, 1.82) is 0 Å². The molecule has 1 aromatic carbocycles. The Hall–Kier alpha value is -1.87. The number of hydrogen-bond donors (Lipinski definition) is 1. The molecule has 1 fully saturated rings. The highest BCUT2D eigenvalue weighted by molar-refractivity contribution is 5.50. The van der Waals surface area contributed by atoms with Crippen LogP contribution in [0.3, 0.4) is 0 Å². The Balaban J connectivity index is 1.81. The normalized spacial score (nSPS) is 27.3. The van der Waals surface area contributed by atoms with Crippen LogP contribution in [0.15, 0.2) is 42.6 Å². The van der Waals surface area contributed by atoms with E-state index in [-0.39, 0.29) is 5.54 Å². The van der Waals surface area contributed by atoms with Crippen LogP contribution >= 0.6 is 0 Å². The van der Waals surface area contributed by atoms with Gasteiger partial charge in [-0.2, -0.15) is 0 Å². The molecular weight excluding hydrogens is 236 g/mol. The van der Waals surface area contributed by atoms with Crippen LogP contribution in [0.25, 0.3) is 0 Å². The van der Waals surface area contributed by atoms with Crippen molar-refractivity contribution in [3.05, 3.63) is 59.3 Å². The van der Waals surface area contributed by atoms with Crippen LogP contribution in [0.2, 0.25) is 0 Å². The van der Waals surface area contributed by atoms with Gasteiger partial charge in [0.25, 0.3) is 0 Å². The fourth-order valence-electron chi connectivity index (χ4n) is 3.39. The van der Waals surface area contributed by atoms with Crippen LogP contribution < -0.4 is 10.1 Å². The van der Waals surface area contributed by atoms with E-state index in [2.05, 4.69) is 46.7 Å². The Morgan fingerprint density at radius 2 is 2.11 bits per heavy atom. The molecule has 4 rings (SSSR count). The van der Waals surface area contributed by atoms with Gasteiger partial charge in [0.05, 0.1) is 18.7 Å². The molecule has 2 atom stereocenters. The van der Waals surface area contributed by atoms with Gasteiger partial charge < -0.3 is 4.74 Å². The zero-order valence-electron chi connectivity index (χ0n) is 10.9. The highest BCUT2D eigenvalue weighted by Gasteiger charge is 2.58. The van der Waals surface area contributed by atoms with Gasteiger partial charge in [0.15, 0.2) is 0 Å². The molecule has 2 aliphatic rings. The summed E-state index contributed by atoms with van der Waals surface area (Å²) in [6, 6.07) is 13.2. The minimum absolute atomic E-state index is 0.102. The topological polar surface area (TPSA) is 44.1 Å². The Kier molecular flexibility index (Phi) is 2.21. The van der Waals surface area contributed by atoms with Crippen LogP contribution in [0, 0.1) is 0 Å². The molecule has 3 nitrogen and oxygen atoms in total. The first-order chi connectivity index (χ1) is 9.35. The number of aryl methyl sites for hydroxylation is 1. The third kappa shape index (κ3) is 1.45. The number of nitrogens with zero attached hydrogens (tertiary/aromatic N) is 1. The molecule has 0 radical (unpaired) electrons. The monoisotopic (exact) mass is 252 g/mol. The summed E-state index contributed by atoms with van der Waals surface area (Å²) in [6.45, 7) is 0. The number of aromatic nitrogens is 1. The second-order valence-electron chi connectivity index (χ2n) is 5.31. The van der Waals surface area contributed by atoms with Crippen molar-refractivity contribution in [2.24, 2.45) is 0 Å². The van der Waals surface area contributed by atoms with Crippen molar-refractivity contribution in [2.45, 2.75) is 24.4 Å². The number of hydrogen-bond acceptors (Lipinski definition) is 3. The van der Waals surface area contributed by atoms with E-state index < -0.39 is 0 Å². The number of ether oxygens (including phenoxy) is 1. The Labute approximate surface area is 112 Å². The van der Waals surface area contributed by atoms with Crippen LogP contribution in [-0.2, 0) is 12.0 Å². The summed E-state index contributed by atoms with van der Waals surface area (Å²) in [5.74, 6) is 0.771. The summed E-state index contributed by atoms with van der Waals surface area (Å²) in [4.78, 5) is 4.35. The molecule has 2 aromatic rings. The van der Waals surface area contributed by atoms with E-state index in [1.807, 2.05) is 6.20 Å². The van der Waals surface area contributed by atoms with E-state index in [4.69, 9.17) is 4.74 Å². The van der Waals surface area contributed by atoms with Gasteiger partial charge in [0.1, 0.15) is 0 Å². The molecule has 19 heavy (non-hydrogen) atoms. The largest absolute Gasteiger partial charge is 0.481 e.